The minimum atomic E-state index is 0.283. The van der Waals surface area contributed by atoms with Crippen molar-refractivity contribution in [3.8, 4) is 34.1 Å². The van der Waals surface area contributed by atoms with Crippen LogP contribution in [0.15, 0.2) is 30.5 Å². The molecule has 4 heterocycles. The molecule has 1 aromatic carbocycles. The largest absolute Gasteiger partial charge is 0.454 e. The molecule has 6 nitrogen and oxygen atoms in total. The fraction of sp³-hybridized carbons (Fsp3) is 0.368. The van der Waals surface area contributed by atoms with Crippen molar-refractivity contribution in [3.63, 3.8) is 0 Å². The fourth-order valence-electron chi connectivity index (χ4n) is 3.72. The Balaban J connectivity index is 1.49. The molecule has 0 saturated carbocycles. The number of aromatic nitrogens is 3. The maximum atomic E-state index is 5.47. The van der Waals surface area contributed by atoms with Gasteiger partial charge in [0, 0.05) is 17.5 Å². The van der Waals surface area contributed by atoms with Crippen LogP contribution in [0.2, 0.25) is 0 Å². The number of fused-ring (bicyclic) bond motifs is 2. The molecule has 1 saturated heterocycles. The van der Waals surface area contributed by atoms with Gasteiger partial charge in [-0.3, -0.25) is 0 Å². The highest BCUT2D eigenvalue weighted by Gasteiger charge is 2.23. The van der Waals surface area contributed by atoms with E-state index < -0.39 is 0 Å². The van der Waals surface area contributed by atoms with Crippen LogP contribution in [0, 0.1) is 0 Å². The Morgan fingerprint density at radius 2 is 2.04 bits per heavy atom. The third-order valence-electron chi connectivity index (χ3n) is 5.07. The number of benzene rings is 1. The van der Waals surface area contributed by atoms with Crippen molar-refractivity contribution in [2.75, 3.05) is 13.3 Å². The summed E-state index contributed by atoms with van der Waals surface area (Å²) >= 11 is 0. The van der Waals surface area contributed by atoms with Gasteiger partial charge in [0.25, 0.3) is 0 Å². The third-order valence-corrected chi connectivity index (χ3v) is 5.07. The van der Waals surface area contributed by atoms with E-state index in [-0.39, 0.29) is 6.79 Å². The Hall–Kier alpha value is -2.60. The van der Waals surface area contributed by atoms with Crippen LogP contribution in [-0.4, -0.2) is 34.3 Å². The Morgan fingerprint density at radius 1 is 1.12 bits per heavy atom. The monoisotopic (exact) mass is 336 g/mol. The topological polar surface area (TPSA) is 72.1 Å². The van der Waals surface area contributed by atoms with Gasteiger partial charge in [0.2, 0.25) is 6.79 Å². The van der Waals surface area contributed by atoms with Crippen molar-refractivity contribution in [1.29, 1.82) is 0 Å². The van der Waals surface area contributed by atoms with E-state index in [4.69, 9.17) is 14.5 Å². The molecule has 128 valence electrons. The molecule has 4 aliphatic heterocycles. The molecular weight excluding hydrogens is 316 g/mol. The van der Waals surface area contributed by atoms with E-state index >= 15 is 0 Å². The number of nitrogens with zero attached hydrogens (tertiary/aromatic N) is 2. The Kier molecular flexibility index (Phi) is 3.38. The Labute approximate surface area is 145 Å². The van der Waals surface area contributed by atoms with Gasteiger partial charge in [-0.25, -0.2) is 9.97 Å². The first-order valence-corrected chi connectivity index (χ1v) is 8.75. The molecule has 2 N–H and O–H groups in total. The second-order valence-corrected chi connectivity index (χ2v) is 6.85. The first-order valence-electron chi connectivity index (χ1n) is 8.75. The number of rotatable bonds is 2. The average Bonchev–Trinajstić information content (AvgIpc) is 3.26. The van der Waals surface area contributed by atoms with E-state index in [1.54, 1.807) is 0 Å². The van der Waals surface area contributed by atoms with Crippen molar-refractivity contribution in [3.05, 3.63) is 36.3 Å². The van der Waals surface area contributed by atoms with Crippen molar-refractivity contribution in [2.45, 2.75) is 31.7 Å². The highest BCUT2D eigenvalue weighted by Crippen LogP contribution is 2.37. The molecule has 5 rings (SSSR count). The lowest BCUT2D eigenvalue weighted by Crippen LogP contribution is -2.35. The highest BCUT2D eigenvalue weighted by molar-refractivity contribution is 5.72. The lowest BCUT2D eigenvalue weighted by atomic mass is 9.92. The van der Waals surface area contributed by atoms with Gasteiger partial charge in [-0.2, -0.15) is 0 Å². The van der Waals surface area contributed by atoms with E-state index in [9.17, 15) is 0 Å². The van der Waals surface area contributed by atoms with Gasteiger partial charge in [-0.15, -0.1) is 0 Å². The average molecular weight is 336 g/mol. The Bertz CT molecular complexity index is 891. The molecule has 25 heavy (non-hydrogen) atoms. The summed E-state index contributed by atoms with van der Waals surface area (Å²) in [5.41, 5.74) is 3.86. The zero-order chi connectivity index (χ0) is 16.8. The molecule has 0 aromatic heterocycles. The molecule has 0 spiro atoms. The van der Waals surface area contributed by atoms with E-state index in [0.29, 0.717) is 12.0 Å². The number of piperidine rings is 1. The maximum absolute atomic E-state index is 5.47. The number of hydrogen-bond acceptors (Lipinski definition) is 5. The molecule has 0 amide bonds. The minimum Gasteiger partial charge on any atom is -0.454 e. The smallest absolute Gasteiger partial charge is 0.231 e. The summed E-state index contributed by atoms with van der Waals surface area (Å²) in [5, 5.41) is 3.49. The number of aromatic amines is 1. The van der Waals surface area contributed by atoms with E-state index in [2.05, 4.69) is 28.3 Å². The van der Waals surface area contributed by atoms with Gasteiger partial charge in [0.15, 0.2) is 11.5 Å². The van der Waals surface area contributed by atoms with E-state index in [1.807, 2.05) is 24.4 Å². The maximum Gasteiger partial charge on any atom is 0.231 e. The first-order chi connectivity index (χ1) is 12.3. The molecule has 1 aromatic rings. The zero-order valence-corrected chi connectivity index (χ0v) is 14.1. The third kappa shape index (κ3) is 2.62. The predicted molar refractivity (Wildman–Crippen MR) is 94.0 cm³/mol. The van der Waals surface area contributed by atoms with Crippen LogP contribution in [0.5, 0.6) is 11.5 Å². The van der Waals surface area contributed by atoms with Crippen molar-refractivity contribution in [2.24, 2.45) is 0 Å². The van der Waals surface area contributed by atoms with E-state index in [1.165, 1.54) is 0 Å². The van der Waals surface area contributed by atoms with Crippen molar-refractivity contribution >= 4 is 0 Å². The van der Waals surface area contributed by atoms with Crippen LogP contribution in [0.3, 0.4) is 0 Å². The van der Waals surface area contributed by atoms with Crippen LogP contribution >= 0.6 is 0 Å². The number of ether oxygens (including phenoxy) is 2. The molecule has 0 bridgehead atoms. The van der Waals surface area contributed by atoms with Gasteiger partial charge in [-0.05, 0) is 50.6 Å². The summed E-state index contributed by atoms with van der Waals surface area (Å²) in [7, 11) is 0. The van der Waals surface area contributed by atoms with Crippen LogP contribution in [0.4, 0.5) is 0 Å². The van der Waals surface area contributed by atoms with Gasteiger partial charge >= 0.3 is 0 Å². The summed E-state index contributed by atoms with van der Waals surface area (Å²) in [6, 6.07) is 8.54. The van der Waals surface area contributed by atoms with Gasteiger partial charge < -0.3 is 19.8 Å². The number of H-pyrrole nitrogens is 1. The summed E-state index contributed by atoms with van der Waals surface area (Å²) in [6.45, 7) is 3.55. The van der Waals surface area contributed by atoms with Crippen molar-refractivity contribution < 1.29 is 9.47 Å². The second kappa shape index (κ2) is 5.74. The van der Waals surface area contributed by atoms with E-state index in [0.717, 1.165) is 59.4 Å². The Morgan fingerprint density at radius 3 is 2.96 bits per heavy atom. The first kappa shape index (κ1) is 14.7. The molecule has 6 heteroatoms. The van der Waals surface area contributed by atoms with Crippen LogP contribution in [-0.2, 0) is 0 Å². The molecule has 0 aliphatic carbocycles. The lowest BCUT2D eigenvalue weighted by Gasteiger charge is -2.27. The summed E-state index contributed by atoms with van der Waals surface area (Å²) in [5.74, 6) is 3.10. The van der Waals surface area contributed by atoms with Crippen molar-refractivity contribution in [1.82, 2.24) is 20.3 Å². The van der Waals surface area contributed by atoms with Crippen LogP contribution < -0.4 is 14.8 Å². The van der Waals surface area contributed by atoms with Gasteiger partial charge in [0.05, 0.1) is 17.6 Å². The number of hydrogen-bond donors (Lipinski definition) is 2. The summed E-state index contributed by atoms with van der Waals surface area (Å²) < 4.78 is 10.8. The highest BCUT2D eigenvalue weighted by atomic mass is 16.7. The summed E-state index contributed by atoms with van der Waals surface area (Å²) in [4.78, 5) is 12.8. The molecule has 2 unspecified atom stereocenters. The minimum absolute atomic E-state index is 0.283. The van der Waals surface area contributed by atoms with Crippen LogP contribution in [0.25, 0.3) is 22.6 Å². The van der Waals surface area contributed by atoms with Gasteiger partial charge in [0.1, 0.15) is 11.5 Å². The number of nitrogens with one attached hydrogen (secondary N) is 2. The molecular formula is C19H20N4O2. The van der Waals surface area contributed by atoms with Crippen LogP contribution in [0.1, 0.15) is 31.5 Å². The zero-order valence-electron chi connectivity index (χ0n) is 14.1. The van der Waals surface area contributed by atoms with Gasteiger partial charge in [-0.1, -0.05) is 0 Å². The molecule has 2 atom stereocenters. The molecule has 0 radical (unpaired) electrons. The SMILES string of the molecule is CC1CC(c2ncc3nc(-c4ccc5c(c4)OCO5)cc-3[nH]2)CCN1. The predicted octanol–water partition coefficient (Wildman–Crippen LogP) is 3.16. The fourth-order valence-corrected chi connectivity index (χ4v) is 3.72. The quantitative estimate of drug-likeness (QED) is 0.752. The molecule has 4 aliphatic rings. The lowest BCUT2D eigenvalue weighted by molar-refractivity contribution is 0.174. The normalized spacial score (nSPS) is 22.4. The summed E-state index contributed by atoms with van der Waals surface area (Å²) in [6.07, 6.45) is 4.10. The second-order valence-electron chi connectivity index (χ2n) is 6.85. The molecule has 1 fully saturated rings. The standard InChI is InChI=1S/C19H20N4O2/c1-11-6-13(4-5-20-11)19-21-9-16-15(23-19)8-14(22-16)12-2-3-17-18(7-12)25-10-24-17/h2-3,7-9,11,13,20H,4-6,10H2,1H3,(H,21,23).